The van der Waals surface area contributed by atoms with Crippen LogP contribution in [0.5, 0.6) is 0 Å². The van der Waals surface area contributed by atoms with Crippen LogP contribution in [0.2, 0.25) is 0 Å². The molecule has 1 aromatic heterocycles. The van der Waals surface area contributed by atoms with Crippen LogP contribution in [0.3, 0.4) is 0 Å². The second kappa shape index (κ2) is 5.39. The van der Waals surface area contributed by atoms with Gasteiger partial charge in [0.15, 0.2) is 0 Å². The number of hydrogen-bond acceptors (Lipinski definition) is 3. The summed E-state index contributed by atoms with van der Waals surface area (Å²) in [6.07, 6.45) is 4.55. The zero-order chi connectivity index (χ0) is 12.3. The van der Waals surface area contributed by atoms with Crippen molar-refractivity contribution in [2.45, 2.75) is 39.7 Å². The molecule has 2 heterocycles. The third-order valence-corrected chi connectivity index (χ3v) is 3.57. The quantitative estimate of drug-likeness (QED) is 0.866. The summed E-state index contributed by atoms with van der Waals surface area (Å²) < 4.78 is 0. The predicted octanol–water partition coefficient (Wildman–Crippen LogP) is 3.14. The number of rotatable bonds is 4. The molecule has 3 heteroatoms. The lowest BCUT2D eigenvalue weighted by atomic mass is 10.1. The third-order valence-electron chi connectivity index (χ3n) is 3.57. The van der Waals surface area contributed by atoms with Gasteiger partial charge in [0.05, 0.1) is 11.9 Å². The molecule has 0 saturated carbocycles. The molecule has 1 unspecified atom stereocenters. The van der Waals surface area contributed by atoms with Gasteiger partial charge >= 0.3 is 0 Å². The minimum Gasteiger partial charge on any atom is -0.381 e. The summed E-state index contributed by atoms with van der Waals surface area (Å²) >= 11 is 0. The Hall–Kier alpha value is -1.25. The van der Waals surface area contributed by atoms with E-state index < -0.39 is 0 Å². The molecule has 1 fully saturated rings. The Bertz CT molecular complexity index is 339. The largest absolute Gasteiger partial charge is 0.381 e. The van der Waals surface area contributed by atoms with Crippen molar-refractivity contribution in [2.75, 3.05) is 23.3 Å². The fraction of sp³-hybridized carbons (Fsp3) is 0.643. The first-order valence-corrected chi connectivity index (χ1v) is 6.64. The van der Waals surface area contributed by atoms with E-state index in [4.69, 9.17) is 0 Å². The maximum atomic E-state index is 4.54. The van der Waals surface area contributed by atoms with Gasteiger partial charge in [0.2, 0.25) is 0 Å². The minimum atomic E-state index is 0.481. The van der Waals surface area contributed by atoms with Gasteiger partial charge in [0.25, 0.3) is 0 Å². The standard InChI is InChI=1S/C14H23N3/c1-11(2)12(3)16-13-6-7-14(15-10-13)17-8-4-5-9-17/h6-7,10-12,16H,4-5,8-9H2,1-3H3. The molecule has 3 nitrogen and oxygen atoms in total. The topological polar surface area (TPSA) is 28.2 Å². The van der Waals surface area contributed by atoms with Crippen LogP contribution >= 0.6 is 0 Å². The van der Waals surface area contributed by atoms with Crippen LogP contribution in [-0.4, -0.2) is 24.1 Å². The number of aromatic nitrogens is 1. The van der Waals surface area contributed by atoms with Crippen molar-refractivity contribution in [3.05, 3.63) is 18.3 Å². The number of pyridine rings is 1. The molecule has 0 aromatic carbocycles. The second-order valence-electron chi connectivity index (χ2n) is 5.28. The van der Waals surface area contributed by atoms with E-state index in [1.54, 1.807) is 0 Å². The maximum absolute atomic E-state index is 4.54. The van der Waals surface area contributed by atoms with E-state index in [2.05, 4.69) is 48.1 Å². The summed E-state index contributed by atoms with van der Waals surface area (Å²) in [6.45, 7) is 8.97. The molecular weight excluding hydrogens is 210 g/mol. The van der Waals surface area contributed by atoms with Gasteiger partial charge in [-0.25, -0.2) is 4.98 Å². The highest BCUT2D eigenvalue weighted by Gasteiger charge is 2.13. The van der Waals surface area contributed by atoms with Crippen LogP contribution in [0.4, 0.5) is 11.5 Å². The summed E-state index contributed by atoms with van der Waals surface area (Å²) in [7, 11) is 0. The molecule has 0 radical (unpaired) electrons. The fourth-order valence-corrected chi connectivity index (χ4v) is 2.03. The van der Waals surface area contributed by atoms with E-state index in [0.717, 1.165) is 24.6 Å². The molecule has 2 rings (SSSR count). The minimum absolute atomic E-state index is 0.481. The summed E-state index contributed by atoms with van der Waals surface area (Å²) in [5.41, 5.74) is 1.12. The number of hydrogen-bond donors (Lipinski definition) is 1. The number of nitrogens with zero attached hydrogens (tertiary/aromatic N) is 2. The zero-order valence-corrected chi connectivity index (χ0v) is 11.1. The molecule has 94 valence electrons. The zero-order valence-electron chi connectivity index (χ0n) is 11.1. The van der Waals surface area contributed by atoms with Crippen LogP contribution in [0.25, 0.3) is 0 Å². The van der Waals surface area contributed by atoms with Gasteiger partial charge in [-0.3, -0.25) is 0 Å². The molecular formula is C14H23N3. The van der Waals surface area contributed by atoms with Gasteiger partial charge in [0.1, 0.15) is 5.82 Å². The molecule has 1 N–H and O–H groups in total. The Balaban J connectivity index is 1.97. The van der Waals surface area contributed by atoms with Gasteiger partial charge in [-0.1, -0.05) is 13.8 Å². The lowest BCUT2D eigenvalue weighted by Gasteiger charge is -2.20. The van der Waals surface area contributed by atoms with Crippen molar-refractivity contribution >= 4 is 11.5 Å². The molecule has 17 heavy (non-hydrogen) atoms. The Morgan fingerprint density at radius 1 is 1.18 bits per heavy atom. The normalized spacial score (nSPS) is 17.5. The first-order valence-electron chi connectivity index (χ1n) is 6.64. The van der Waals surface area contributed by atoms with Crippen molar-refractivity contribution in [1.29, 1.82) is 0 Å². The van der Waals surface area contributed by atoms with Gasteiger partial charge in [-0.15, -0.1) is 0 Å². The summed E-state index contributed by atoms with van der Waals surface area (Å²) in [4.78, 5) is 6.89. The van der Waals surface area contributed by atoms with E-state index in [1.807, 2.05) is 6.20 Å². The smallest absolute Gasteiger partial charge is 0.128 e. The highest BCUT2D eigenvalue weighted by atomic mass is 15.2. The molecule has 0 aliphatic carbocycles. The van der Waals surface area contributed by atoms with Crippen LogP contribution in [0.15, 0.2) is 18.3 Å². The van der Waals surface area contributed by atoms with E-state index >= 15 is 0 Å². The van der Waals surface area contributed by atoms with Gasteiger partial charge in [-0.05, 0) is 37.8 Å². The summed E-state index contributed by atoms with van der Waals surface area (Å²) in [5.74, 6) is 1.75. The molecule has 1 atom stereocenters. The number of anilines is 2. The Morgan fingerprint density at radius 3 is 2.41 bits per heavy atom. The Morgan fingerprint density at radius 2 is 1.88 bits per heavy atom. The maximum Gasteiger partial charge on any atom is 0.128 e. The van der Waals surface area contributed by atoms with E-state index in [9.17, 15) is 0 Å². The molecule has 0 amide bonds. The lowest BCUT2D eigenvalue weighted by Crippen LogP contribution is -2.22. The molecule has 1 aliphatic heterocycles. The first-order chi connectivity index (χ1) is 8.16. The fourth-order valence-electron chi connectivity index (χ4n) is 2.03. The van der Waals surface area contributed by atoms with Crippen LogP contribution in [0, 0.1) is 5.92 Å². The van der Waals surface area contributed by atoms with E-state index in [-0.39, 0.29) is 0 Å². The third kappa shape index (κ3) is 3.11. The SMILES string of the molecule is CC(C)C(C)Nc1ccc(N2CCCC2)nc1. The van der Waals surface area contributed by atoms with Gasteiger partial charge < -0.3 is 10.2 Å². The lowest BCUT2D eigenvalue weighted by molar-refractivity contribution is 0.560. The van der Waals surface area contributed by atoms with E-state index in [1.165, 1.54) is 12.8 Å². The van der Waals surface area contributed by atoms with Gasteiger partial charge in [0, 0.05) is 19.1 Å². The average molecular weight is 233 g/mol. The van der Waals surface area contributed by atoms with Gasteiger partial charge in [-0.2, -0.15) is 0 Å². The monoisotopic (exact) mass is 233 g/mol. The summed E-state index contributed by atoms with van der Waals surface area (Å²) in [6, 6.07) is 4.75. The number of nitrogens with one attached hydrogen (secondary N) is 1. The van der Waals surface area contributed by atoms with Crippen LogP contribution < -0.4 is 10.2 Å². The first kappa shape index (κ1) is 12.2. The highest BCUT2D eigenvalue weighted by molar-refractivity contribution is 5.49. The van der Waals surface area contributed by atoms with Crippen molar-refractivity contribution < 1.29 is 0 Å². The summed E-state index contributed by atoms with van der Waals surface area (Å²) in [5, 5.41) is 3.48. The predicted molar refractivity (Wildman–Crippen MR) is 73.6 cm³/mol. The van der Waals surface area contributed by atoms with Crippen molar-refractivity contribution in [3.63, 3.8) is 0 Å². The molecule has 1 saturated heterocycles. The van der Waals surface area contributed by atoms with Crippen LogP contribution in [0.1, 0.15) is 33.6 Å². The van der Waals surface area contributed by atoms with Crippen molar-refractivity contribution in [1.82, 2.24) is 4.98 Å². The molecule has 0 spiro atoms. The second-order valence-corrected chi connectivity index (χ2v) is 5.28. The van der Waals surface area contributed by atoms with Crippen molar-refractivity contribution in [3.8, 4) is 0 Å². The highest BCUT2D eigenvalue weighted by Crippen LogP contribution is 2.19. The van der Waals surface area contributed by atoms with Crippen LogP contribution in [-0.2, 0) is 0 Å². The average Bonchev–Trinajstić information content (AvgIpc) is 2.83. The Labute approximate surface area is 104 Å². The molecule has 1 aromatic rings. The Kier molecular flexibility index (Phi) is 3.87. The molecule has 1 aliphatic rings. The van der Waals surface area contributed by atoms with E-state index in [0.29, 0.717) is 12.0 Å². The molecule has 0 bridgehead atoms. The van der Waals surface area contributed by atoms with Crippen molar-refractivity contribution in [2.24, 2.45) is 5.92 Å².